The fourth-order valence-corrected chi connectivity index (χ4v) is 2.16. The van der Waals surface area contributed by atoms with Crippen LogP contribution in [-0.2, 0) is 0 Å². The van der Waals surface area contributed by atoms with Gasteiger partial charge in [-0.2, -0.15) is 5.10 Å². The van der Waals surface area contributed by atoms with E-state index < -0.39 is 0 Å². The summed E-state index contributed by atoms with van der Waals surface area (Å²) in [7, 11) is 0. The van der Waals surface area contributed by atoms with E-state index in [9.17, 15) is 9.18 Å². The fraction of sp³-hybridized carbons (Fsp3) is 0.214. The zero-order valence-corrected chi connectivity index (χ0v) is 11.5. The summed E-state index contributed by atoms with van der Waals surface area (Å²) in [6, 6.07) is 3.81. The van der Waals surface area contributed by atoms with Gasteiger partial charge in [-0.1, -0.05) is 0 Å². The van der Waals surface area contributed by atoms with E-state index in [-0.39, 0.29) is 23.5 Å². The molecule has 1 aromatic carbocycles. The van der Waals surface area contributed by atoms with Crippen molar-refractivity contribution in [2.24, 2.45) is 0 Å². The molecule has 0 bridgehead atoms. The van der Waals surface area contributed by atoms with Gasteiger partial charge in [-0.25, -0.2) is 9.37 Å². The zero-order chi connectivity index (χ0) is 15.0. The third-order valence-corrected chi connectivity index (χ3v) is 3.30. The summed E-state index contributed by atoms with van der Waals surface area (Å²) in [6.45, 7) is 3.50. The number of benzene rings is 1. The number of furan rings is 1. The van der Waals surface area contributed by atoms with Gasteiger partial charge in [0, 0.05) is 10.9 Å². The fourth-order valence-electron chi connectivity index (χ4n) is 2.16. The number of H-pyrrole nitrogens is 1. The van der Waals surface area contributed by atoms with Crippen molar-refractivity contribution in [1.82, 2.24) is 20.5 Å². The van der Waals surface area contributed by atoms with Gasteiger partial charge in [-0.05, 0) is 32.0 Å². The molecule has 2 heterocycles. The van der Waals surface area contributed by atoms with E-state index in [2.05, 4.69) is 20.5 Å². The van der Waals surface area contributed by atoms with Gasteiger partial charge in [0.05, 0.1) is 6.04 Å². The number of fused-ring (bicyclic) bond motifs is 1. The first-order valence-corrected chi connectivity index (χ1v) is 6.41. The number of rotatable bonds is 3. The van der Waals surface area contributed by atoms with Gasteiger partial charge in [0.25, 0.3) is 5.91 Å². The predicted molar refractivity (Wildman–Crippen MR) is 73.2 cm³/mol. The quantitative estimate of drug-likeness (QED) is 0.775. The van der Waals surface area contributed by atoms with Crippen LogP contribution in [0.3, 0.4) is 0 Å². The standard InChI is InChI=1S/C14H13FN4O2/c1-7-10-5-9(15)3-4-11(10)21-12(7)14(20)18-8(2)13-16-6-17-19-13/h3-6,8H,1-2H3,(H,18,20)(H,16,17,19). The molecule has 21 heavy (non-hydrogen) atoms. The first kappa shape index (κ1) is 13.3. The van der Waals surface area contributed by atoms with Crippen LogP contribution in [0.15, 0.2) is 28.9 Å². The highest BCUT2D eigenvalue weighted by atomic mass is 19.1. The van der Waals surface area contributed by atoms with Crippen LogP contribution in [0.4, 0.5) is 4.39 Å². The van der Waals surface area contributed by atoms with Crippen LogP contribution in [-0.4, -0.2) is 21.1 Å². The van der Waals surface area contributed by atoms with Crippen LogP contribution >= 0.6 is 0 Å². The van der Waals surface area contributed by atoms with Crippen molar-refractivity contribution in [2.45, 2.75) is 19.9 Å². The second kappa shape index (κ2) is 5.01. The summed E-state index contributed by atoms with van der Waals surface area (Å²) in [5.41, 5.74) is 1.08. The number of carbonyl (C=O) groups excluding carboxylic acids is 1. The number of aromatic amines is 1. The van der Waals surface area contributed by atoms with Gasteiger partial charge >= 0.3 is 0 Å². The molecule has 0 radical (unpaired) electrons. The SMILES string of the molecule is Cc1c(C(=O)NC(C)c2ncn[nH]2)oc2ccc(F)cc12. The monoisotopic (exact) mass is 288 g/mol. The minimum absolute atomic E-state index is 0.168. The zero-order valence-electron chi connectivity index (χ0n) is 11.5. The lowest BCUT2D eigenvalue weighted by Gasteiger charge is -2.09. The van der Waals surface area contributed by atoms with E-state index in [1.54, 1.807) is 13.8 Å². The number of nitrogens with one attached hydrogen (secondary N) is 2. The molecule has 108 valence electrons. The van der Waals surface area contributed by atoms with Crippen molar-refractivity contribution in [3.8, 4) is 0 Å². The molecular weight excluding hydrogens is 275 g/mol. The van der Waals surface area contributed by atoms with Crippen molar-refractivity contribution >= 4 is 16.9 Å². The normalized spacial score (nSPS) is 12.5. The lowest BCUT2D eigenvalue weighted by atomic mass is 10.1. The maximum absolute atomic E-state index is 13.3. The molecule has 2 N–H and O–H groups in total. The third kappa shape index (κ3) is 2.37. The van der Waals surface area contributed by atoms with Crippen molar-refractivity contribution in [2.75, 3.05) is 0 Å². The Labute approximate surface area is 119 Å². The third-order valence-electron chi connectivity index (χ3n) is 3.30. The molecule has 6 nitrogen and oxygen atoms in total. The lowest BCUT2D eigenvalue weighted by molar-refractivity contribution is 0.0911. The molecule has 3 rings (SSSR count). The Morgan fingerprint density at radius 3 is 3.00 bits per heavy atom. The summed E-state index contributed by atoms with van der Waals surface area (Å²) in [5.74, 6) is -0.0356. The van der Waals surface area contributed by atoms with Gasteiger partial charge in [-0.3, -0.25) is 9.89 Å². The first-order valence-electron chi connectivity index (χ1n) is 6.41. The Hall–Kier alpha value is -2.70. The van der Waals surface area contributed by atoms with E-state index in [0.717, 1.165) is 0 Å². The molecule has 0 aliphatic carbocycles. The average Bonchev–Trinajstić information content (AvgIpc) is 3.08. The smallest absolute Gasteiger partial charge is 0.287 e. The van der Waals surface area contributed by atoms with Crippen LogP contribution in [0.25, 0.3) is 11.0 Å². The summed E-state index contributed by atoms with van der Waals surface area (Å²) < 4.78 is 18.8. The number of hydrogen-bond donors (Lipinski definition) is 2. The topological polar surface area (TPSA) is 83.8 Å². The number of carbonyl (C=O) groups is 1. The maximum atomic E-state index is 13.3. The van der Waals surface area contributed by atoms with Crippen LogP contribution in [0.2, 0.25) is 0 Å². The molecule has 1 amide bonds. The van der Waals surface area contributed by atoms with Crippen molar-refractivity contribution in [3.63, 3.8) is 0 Å². The largest absolute Gasteiger partial charge is 0.451 e. The van der Waals surface area contributed by atoms with Crippen molar-refractivity contribution in [1.29, 1.82) is 0 Å². The Balaban J connectivity index is 1.89. The lowest BCUT2D eigenvalue weighted by Crippen LogP contribution is -2.27. The summed E-state index contributed by atoms with van der Waals surface area (Å²) >= 11 is 0. The van der Waals surface area contributed by atoms with Crippen LogP contribution in [0.5, 0.6) is 0 Å². The molecule has 1 atom stereocenters. The Kier molecular flexibility index (Phi) is 3.17. The minimum atomic E-state index is -0.381. The van der Waals surface area contributed by atoms with E-state index >= 15 is 0 Å². The average molecular weight is 288 g/mol. The number of hydrogen-bond acceptors (Lipinski definition) is 4. The number of aromatic nitrogens is 3. The van der Waals surface area contributed by atoms with Gasteiger partial charge in [0.1, 0.15) is 23.6 Å². The number of aryl methyl sites for hydroxylation is 1. The Bertz CT molecular complexity index is 795. The molecular formula is C14H13FN4O2. The van der Waals surface area contributed by atoms with E-state index in [1.165, 1.54) is 24.5 Å². The summed E-state index contributed by atoms with van der Waals surface area (Å²) in [5, 5.41) is 9.76. The highest BCUT2D eigenvalue weighted by Gasteiger charge is 2.20. The molecule has 0 aliphatic heterocycles. The van der Waals surface area contributed by atoms with Crippen LogP contribution < -0.4 is 5.32 Å². The molecule has 0 saturated carbocycles. The van der Waals surface area contributed by atoms with E-state index in [1.807, 2.05) is 0 Å². The number of halogens is 1. The second-order valence-electron chi connectivity index (χ2n) is 4.76. The Morgan fingerprint density at radius 2 is 2.29 bits per heavy atom. The molecule has 3 aromatic rings. The van der Waals surface area contributed by atoms with Gasteiger partial charge < -0.3 is 9.73 Å². The second-order valence-corrected chi connectivity index (χ2v) is 4.76. The van der Waals surface area contributed by atoms with Gasteiger partial charge in [0.2, 0.25) is 0 Å². The van der Waals surface area contributed by atoms with Gasteiger partial charge in [-0.15, -0.1) is 0 Å². The van der Waals surface area contributed by atoms with Gasteiger partial charge in [0.15, 0.2) is 5.76 Å². The maximum Gasteiger partial charge on any atom is 0.287 e. The van der Waals surface area contributed by atoms with E-state index in [4.69, 9.17) is 4.42 Å². The van der Waals surface area contributed by atoms with Crippen molar-refractivity contribution < 1.29 is 13.6 Å². The first-order chi connectivity index (χ1) is 10.1. The molecule has 7 heteroatoms. The van der Waals surface area contributed by atoms with E-state index in [0.29, 0.717) is 22.4 Å². The van der Waals surface area contributed by atoms with Crippen LogP contribution in [0, 0.1) is 12.7 Å². The highest BCUT2D eigenvalue weighted by Crippen LogP contribution is 2.26. The summed E-state index contributed by atoms with van der Waals surface area (Å²) in [6.07, 6.45) is 1.37. The number of amides is 1. The predicted octanol–water partition coefficient (Wildman–Crippen LogP) is 2.49. The molecule has 0 saturated heterocycles. The van der Waals surface area contributed by atoms with Crippen LogP contribution in [0.1, 0.15) is 34.9 Å². The summed E-state index contributed by atoms with van der Waals surface area (Å²) in [4.78, 5) is 16.2. The molecule has 0 fully saturated rings. The molecule has 0 spiro atoms. The molecule has 0 aliphatic rings. The number of nitrogens with zero attached hydrogens (tertiary/aromatic N) is 2. The Morgan fingerprint density at radius 1 is 1.48 bits per heavy atom. The molecule has 1 unspecified atom stereocenters. The van der Waals surface area contributed by atoms with Crippen molar-refractivity contribution in [3.05, 3.63) is 47.5 Å². The minimum Gasteiger partial charge on any atom is -0.451 e. The molecule has 2 aromatic heterocycles. The highest BCUT2D eigenvalue weighted by molar-refractivity contribution is 5.99.